The van der Waals surface area contributed by atoms with E-state index < -0.39 is 11.7 Å². The minimum atomic E-state index is -4.57. The first-order chi connectivity index (χ1) is 17.1. The van der Waals surface area contributed by atoms with Gasteiger partial charge >= 0.3 is 6.18 Å². The summed E-state index contributed by atoms with van der Waals surface area (Å²) in [7, 11) is 0. The SMILES string of the molecule is Cc1cn2cc(-c3ccc(-c4cnc(N5CCNC(C(C)C)C5)nn4)c(O)c3)cc(C(F)(F)F)c2n1. The molecule has 1 aliphatic rings. The summed E-state index contributed by atoms with van der Waals surface area (Å²) in [5.74, 6) is 0.862. The molecular formula is C25H26F3N7O. The van der Waals surface area contributed by atoms with Gasteiger partial charge in [-0.2, -0.15) is 13.2 Å². The van der Waals surface area contributed by atoms with Gasteiger partial charge in [-0.3, -0.25) is 0 Å². The average Bonchev–Trinajstić information content (AvgIpc) is 3.23. The van der Waals surface area contributed by atoms with Crippen LogP contribution in [0.1, 0.15) is 25.1 Å². The van der Waals surface area contributed by atoms with Gasteiger partial charge in [-0.25, -0.2) is 9.97 Å². The highest BCUT2D eigenvalue weighted by molar-refractivity contribution is 5.75. The number of alkyl halides is 3. The molecule has 0 amide bonds. The number of nitrogens with one attached hydrogen (secondary N) is 1. The molecule has 188 valence electrons. The number of aryl methyl sites for hydroxylation is 1. The molecule has 1 aliphatic heterocycles. The lowest BCUT2D eigenvalue weighted by atomic mass is 10.0. The summed E-state index contributed by atoms with van der Waals surface area (Å²) in [5.41, 5.74) is 0.965. The van der Waals surface area contributed by atoms with E-state index in [-0.39, 0.29) is 11.4 Å². The van der Waals surface area contributed by atoms with Crippen LogP contribution in [0.3, 0.4) is 0 Å². The van der Waals surface area contributed by atoms with Crippen LogP contribution in [0.15, 0.2) is 42.9 Å². The largest absolute Gasteiger partial charge is 0.507 e. The third-order valence-corrected chi connectivity index (χ3v) is 6.43. The second-order valence-corrected chi connectivity index (χ2v) is 9.38. The fourth-order valence-corrected chi connectivity index (χ4v) is 4.46. The predicted octanol–water partition coefficient (Wildman–Crippen LogP) is 4.32. The summed E-state index contributed by atoms with van der Waals surface area (Å²) in [6, 6.07) is 6.04. The Morgan fingerprint density at radius 1 is 1.11 bits per heavy atom. The van der Waals surface area contributed by atoms with E-state index in [0.717, 1.165) is 25.7 Å². The van der Waals surface area contributed by atoms with Crippen molar-refractivity contribution < 1.29 is 18.3 Å². The van der Waals surface area contributed by atoms with Gasteiger partial charge in [0.15, 0.2) is 0 Å². The summed E-state index contributed by atoms with van der Waals surface area (Å²) >= 11 is 0. The van der Waals surface area contributed by atoms with E-state index >= 15 is 0 Å². The Morgan fingerprint density at radius 3 is 2.58 bits per heavy atom. The van der Waals surface area contributed by atoms with Gasteiger partial charge in [-0.15, -0.1) is 10.2 Å². The number of rotatable bonds is 4. The molecule has 1 atom stereocenters. The number of piperazine rings is 1. The van der Waals surface area contributed by atoms with Crippen molar-refractivity contribution in [1.29, 1.82) is 0 Å². The number of aromatic nitrogens is 5. The van der Waals surface area contributed by atoms with Gasteiger partial charge in [0.1, 0.15) is 17.1 Å². The molecule has 8 nitrogen and oxygen atoms in total. The summed E-state index contributed by atoms with van der Waals surface area (Å²) in [4.78, 5) is 10.5. The number of pyridine rings is 1. The van der Waals surface area contributed by atoms with Crippen LogP contribution in [0, 0.1) is 12.8 Å². The fourth-order valence-electron chi connectivity index (χ4n) is 4.46. The Balaban J connectivity index is 1.43. The Morgan fingerprint density at radius 2 is 1.92 bits per heavy atom. The molecule has 1 saturated heterocycles. The molecular weight excluding hydrogens is 471 g/mol. The standard InChI is InChI=1S/C25H26F3N7O/c1-14(2)21-13-34(7-6-29-21)24-30-10-20(32-33-24)18-5-4-16(9-22(18)36)17-8-19(25(26,27)28)23-31-15(3)11-35(23)12-17/h4-5,8-12,14,21,29,36H,6-7,13H2,1-3H3. The van der Waals surface area contributed by atoms with Gasteiger partial charge in [0.2, 0.25) is 5.95 Å². The predicted molar refractivity (Wildman–Crippen MR) is 130 cm³/mol. The number of phenolic OH excluding ortho intramolecular Hbond substituents is 1. The highest BCUT2D eigenvalue weighted by Crippen LogP contribution is 2.37. The van der Waals surface area contributed by atoms with Crippen molar-refractivity contribution in [3.05, 3.63) is 54.1 Å². The molecule has 0 aliphatic carbocycles. The van der Waals surface area contributed by atoms with Crippen molar-refractivity contribution in [2.75, 3.05) is 24.5 Å². The van der Waals surface area contributed by atoms with E-state index in [4.69, 9.17) is 0 Å². The molecule has 5 rings (SSSR count). The lowest BCUT2D eigenvalue weighted by Gasteiger charge is -2.35. The number of nitrogens with zero attached hydrogens (tertiary/aromatic N) is 6. The van der Waals surface area contributed by atoms with Crippen LogP contribution < -0.4 is 10.2 Å². The number of fused-ring (bicyclic) bond motifs is 1. The number of phenols is 1. The Hall–Kier alpha value is -3.73. The number of benzene rings is 1. The van der Waals surface area contributed by atoms with Crippen LogP contribution in [0.4, 0.5) is 19.1 Å². The van der Waals surface area contributed by atoms with Crippen LogP contribution in [-0.4, -0.2) is 55.3 Å². The molecule has 1 unspecified atom stereocenters. The van der Waals surface area contributed by atoms with E-state index in [0.29, 0.717) is 46.0 Å². The Bertz CT molecular complexity index is 1400. The molecule has 1 fully saturated rings. The maximum absolute atomic E-state index is 13.7. The second-order valence-electron chi connectivity index (χ2n) is 9.38. The van der Waals surface area contributed by atoms with Crippen molar-refractivity contribution in [2.24, 2.45) is 5.92 Å². The highest BCUT2D eigenvalue weighted by atomic mass is 19.4. The summed E-state index contributed by atoms with van der Waals surface area (Å²) < 4.78 is 42.4. The molecule has 4 heterocycles. The van der Waals surface area contributed by atoms with Gasteiger partial charge in [-0.1, -0.05) is 19.9 Å². The molecule has 0 radical (unpaired) electrons. The number of aromatic hydroxyl groups is 1. The first-order valence-corrected chi connectivity index (χ1v) is 11.7. The minimum absolute atomic E-state index is 0.131. The van der Waals surface area contributed by atoms with Gasteiger partial charge in [0, 0.05) is 43.6 Å². The molecule has 36 heavy (non-hydrogen) atoms. The first-order valence-electron chi connectivity index (χ1n) is 11.7. The molecule has 0 bridgehead atoms. The number of anilines is 1. The average molecular weight is 498 g/mol. The van der Waals surface area contributed by atoms with E-state index in [9.17, 15) is 18.3 Å². The summed E-state index contributed by atoms with van der Waals surface area (Å²) in [6.45, 7) is 8.34. The van der Waals surface area contributed by atoms with E-state index in [1.807, 2.05) is 0 Å². The van der Waals surface area contributed by atoms with Crippen LogP contribution in [-0.2, 0) is 6.18 Å². The second kappa shape index (κ2) is 9.05. The lowest BCUT2D eigenvalue weighted by molar-refractivity contribution is -0.136. The molecule has 4 aromatic rings. The molecule has 1 aromatic carbocycles. The fraction of sp³-hybridized carbons (Fsp3) is 0.360. The zero-order valence-electron chi connectivity index (χ0n) is 20.1. The van der Waals surface area contributed by atoms with Crippen LogP contribution in [0.25, 0.3) is 28.0 Å². The summed E-state index contributed by atoms with van der Waals surface area (Å²) in [5, 5.41) is 22.7. The lowest BCUT2D eigenvalue weighted by Crippen LogP contribution is -2.53. The van der Waals surface area contributed by atoms with Crippen molar-refractivity contribution in [1.82, 2.24) is 29.9 Å². The molecule has 2 N–H and O–H groups in total. The first kappa shape index (κ1) is 24.0. The molecule has 3 aromatic heterocycles. The van der Waals surface area contributed by atoms with Gasteiger partial charge in [0.25, 0.3) is 0 Å². The van der Waals surface area contributed by atoms with Crippen molar-refractivity contribution in [3.63, 3.8) is 0 Å². The normalized spacial score (nSPS) is 16.8. The number of imidazole rings is 1. The van der Waals surface area contributed by atoms with Crippen molar-refractivity contribution in [3.8, 4) is 28.1 Å². The quantitative estimate of drug-likeness (QED) is 0.434. The minimum Gasteiger partial charge on any atom is -0.507 e. The summed E-state index contributed by atoms with van der Waals surface area (Å²) in [6.07, 6.45) is 0.0746. The molecule has 0 saturated carbocycles. The monoisotopic (exact) mass is 497 g/mol. The Kier molecular flexibility index (Phi) is 6.03. The van der Waals surface area contributed by atoms with Crippen LogP contribution >= 0.6 is 0 Å². The molecule has 0 spiro atoms. The van der Waals surface area contributed by atoms with Gasteiger partial charge in [0.05, 0.1) is 17.5 Å². The van der Waals surface area contributed by atoms with Crippen molar-refractivity contribution >= 4 is 11.6 Å². The third-order valence-electron chi connectivity index (χ3n) is 6.43. The third kappa shape index (κ3) is 4.58. The zero-order valence-corrected chi connectivity index (χ0v) is 20.1. The topological polar surface area (TPSA) is 91.5 Å². The van der Waals surface area contributed by atoms with E-state index in [1.165, 1.54) is 16.7 Å². The Labute approximate surface area is 205 Å². The zero-order chi connectivity index (χ0) is 25.6. The maximum atomic E-state index is 13.7. The van der Waals surface area contributed by atoms with Crippen molar-refractivity contribution in [2.45, 2.75) is 33.0 Å². The smallest absolute Gasteiger partial charge is 0.420 e. The van der Waals surface area contributed by atoms with E-state index in [2.05, 4.69) is 44.2 Å². The highest BCUT2D eigenvalue weighted by Gasteiger charge is 2.34. The number of hydrogen-bond acceptors (Lipinski definition) is 7. The molecule has 11 heteroatoms. The van der Waals surface area contributed by atoms with Crippen LogP contribution in [0.5, 0.6) is 5.75 Å². The van der Waals surface area contributed by atoms with Gasteiger partial charge < -0.3 is 19.7 Å². The van der Waals surface area contributed by atoms with Gasteiger partial charge in [-0.05, 0) is 42.2 Å². The van der Waals surface area contributed by atoms with E-state index in [1.54, 1.807) is 31.5 Å². The number of hydrogen-bond donors (Lipinski definition) is 2. The number of halogens is 3. The maximum Gasteiger partial charge on any atom is 0.420 e. The van der Waals surface area contributed by atoms with Crippen LogP contribution in [0.2, 0.25) is 0 Å².